The van der Waals surface area contributed by atoms with Crippen LogP contribution in [0.3, 0.4) is 0 Å². The van der Waals surface area contributed by atoms with Crippen LogP contribution in [-0.4, -0.2) is 15.8 Å². The highest BCUT2D eigenvalue weighted by atomic mass is 32.2. The van der Waals surface area contributed by atoms with E-state index in [-0.39, 0.29) is 9.62 Å². The number of hydrogen-bond donors (Lipinski definition) is 0. The Morgan fingerprint density at radius 2 is 1.82 bits per heavy atom. The Balaban J connectivity index is 2.73. The summed E-state index contributed by atoms with van der Waals surface area (Å²) in [4.78, 5) is 4.79. The molecule has 2 heteroatoms. The van der Waals surface area contributed by atoms with Gasteiger partial charge in [-0.3, -0.25) is 4.99 Å². The highest BCUT2D eigenvalue weighted by Gasteiger charge is 2.37. The fraction of sp³-hybridized carbons (Fsp3) is 0.889. The van der Waals surface area contributed by atoms with Crippen molar-refractivity contribution in [2.75, 3.05) is 0 Å². The molecule has 0 radical (unpaired) electrons. The van der Waals surface area contributed by atoms with Crippen LogP contribution in [-0.2, 0) is 0 Å². The molecule has 0 aliphatic carbocycles. The summed E-state index contributed by atoms with van der Waals surface area (Å²) in [6, 6.07) is 0. The van der Waals surface area contributed by atoms with E-state index in [0.29, 0.717) is 0 Å². The zero-order chi connectivity index (χ0) is 8.54. The van der Waals surface area contributed by atoms with Crippen LogP contribution in [0.5, 0.6) is 0 Å². The van der Waals surface area contributed by atoms with Gasteiger partial charge in [-0.05, 0) is 26.7 Å². The summed E-state index contributed by atoms with van der Waals surface area (Å²) in [7, 11) is 0. The average Bonchev–Trinajstić information content (AvgIpc) is 2.28. The first-order valence-corrected chi connectivity index (χ1v) is 5.12. The smallest absolute Gasteiger partial charge is 0.106 e. The Morgan fingerprint density at radius 3 is 2.00 bits per heavy atom. The van der Waals surface area contributed by atoms with Gasteiger partial charge in [0.15, 0.2) is 0 Å². The molecule has 0 aromatic heterocycles. The molecular formula is C9H17NS. The van der Waals surface area contributed by atoms with E-state index < -0.39 is 0 Å². The summed E-state index contributed by atoms with van der Waals surface area (Å²) >= 11 is 1.99. The van der Waals surface area contributed by atoms with Crippen molar-refractivity contribution >= 4 is 18.0 Å². The van der Waals surface area contributed by atoms with Crippen molar-refractivity contribution in [2.45, 2.75) is 50.2 Å². The van der Waals surface area contributed by atoms with E-state index in [1.807, 2.05) is 11.8 Å². The first kappa shape index (κ1) is 9.11. The van der Waals surface area contributed by atoms with Gasteiger partial charge in [0.05, 0.1) is 0 Å². The van der Waals surface area contributed by atoms with Crippen LogP contribution in [0.1, 0.15) is 40.5 Å². The molecule has 1 aliphatic rings. The van der Waals surface area contributed by atoms with Crippen LogP contribution < -0.4 is 0 Å². The number of nitrogens with zero attached hydrogens (tertiary/aromatic N) is 1. The van der Waals surface area contributed by atoms with Crippen molar-refractivity contribution in [3.05, 3.63) is 0 Å². The Bertz CT molecular complexity index is 168. The number of rotatable bonds is 2. The molecule has 0 spiro atoms. The van der Waals surface area contributed by atoms with Gasteiger partial charge in [-0.15, -0.1) is 11.8 Å². The molecule has 0 unspecified atom stereocenters. The van der Waals surface area contributed by atoms with Gasteiger partial charge in [0.25, 0.3) is 0 Å². The second-order valence-electron chi connectivity index (χ2n) is 3.62. The van der Waals surface area contributed by atoms with Crippen LogP contribution in [0, 0.1) is 0 Å². The summed E-state index contributed by atoms with van der Waals surface area (Å²) in [5, 5.41) is 0. The van der Waals surface area contributed by atoms with E-state index >= 15 is 0 Å². The maximum absolute atomic E-state index is 4.59. The van der Waals surface area contributed by atoms with Crippen molar-refractivity contribution < 1.29 is 0 Å². The van der Waals surface area contributed by atoms with Crippen molar-refractivity contribution in [1.82, 2.24) is 0 Å². The topological polar surface area (TPSA) is 12.4 Å². The van der Waals surface area contributed by atoms with E-state index in [0.717, 1.165) is 12.8 Å². The van der Waals surface area contributed by atoms with Crippen molar-refractivity contribution in [3.8, 4) is 0 Å². The van der Waals surface area contributed by atoms with E-state index in [1.165, 1.54) is 0 Å². The molecule has 11 heavy (non-hydrogen) atoms. The number of aliphatic imine (C=N–C) groups is 1. The normalized spacial score (nSPS) is 25.8. The van der Waals surface area contributed by atoms with Crippen LogP contribution >= 0.6 is 11.8 Å². The van der Waals surface area contributed by atoms with Crippen LogP contribution in [0.2, 0.25) is 0 Å². The molecule has 0 aromatic carbocycles. The molecule has 0 N–H and O–H groups in total. The summed E-state index contributed by atoms with van der Waals surface area (Å²) in [5.41, 5.74) is 0. The van der Waals surface area contributed by atoms with Gasteiger partial charge in [0.2, 0.25) is 0 Å². The van der Waals surface area contributed by atoms with Crippen molar-refractivity contribution in [3.63, 3.8) is 0 Å². The molecule has 0 bridgehead atoms. The lowest BCUT2D eigenvalue weighted by Crippen LogP contribution is -2.21. The molecule has 0 aromatic rings. The summed E-state index contributed by atoms with van der Waals surface area (Å²) in [6.07, 6.45) is 4.40. The maximum Gasteiger partial charge on any atom is 0.106 e. The second kappa shape index (κ2) is 2.81. The predicted octanol–water partition coefficient (Wildman–Crippen LogP) is 3.10. The number of thioether (sulfide) groups is 1. The third kappa shape index (κ3) is 1.78. The third-order valence-corrected chi connectivity index (χ3v) is 3.86. The van der Waals surface area contributed by atoms with Crippen molar-refractivity contribution in [2.24, 2.45) is 4.99 Å². The average molecular weight is 171 g/mol. The SMILES string of the molecule is CCC1(CC)N=CC(C)(C)S1. The highest BCUT2D eigenvalue weighted by Crippen LogP contribution is 2.46. The minimum Gasteiger partial charge on any atom is -0.279 e. The van der Waals surface area contributed by atoms with Crippen LogP contribution in [0.4, 0.5) is 0 Å². The molecule has 0 amide bonds. The lowest BCUT2D eigenvalue weighted by Gasteiger charge is -2.25. The van der Waals surface area contributed by atoms with Gasteiger partial charge in [-0.25, -0.2) is 0 Å². The minimum absolute atomic E-state index is 0.198. The summed E-state index contributed by atoms with van der Waals surface area (Å²) < 4.78 is 0.256. The molecular weight excluding hydrogens is 154 g/mol. The first-order valence-electron chi connectivity index (χ1n) is 4.30. The molecule has 0 saturated heterocycles. The van der Waals surface area contributed by atoms with E-state index in [1.54, 1.807) is 0 Å². The summed E-state index contributed by atoms with van der Waals surface area (Å²) in [5.74, 6) is 0. The second-order valence-corrected chi connectivity index (χ2v) is 5.63. The zero-order valence-corrected chi connectivity index (χ0v) is 8.66. The molecule has 1 aliphatic heterocycles. The molecule has 1 heterocycles. The van der Waals surface area contributed by atoms with Gasteiger partial charge >= 0.3 is 0 Å². The molecule has 0 fully saturated rings. The minimum atomic E-state index is 0.198. The Labute approximate surface area is 73.7 Å². The zero-order valence-electron chi connectivity index (χ0n) is 7.85. The maximum atomic E-state index is 4.59. The highest BCUT2D eigenvalue weighted by molar-refractivity contribution is 8.02. The van der Waals surface area contributed by atoms with Crippen LogP contribution in [0.25, 0.3) is 0 Å². The van der Waals surface area contributed by atoms with Gasteiger partial charge in [-0.1, -0.05) is 13.8 Å². The van der Waals surface area contributed by atoms with Gasteiger partial charge in [0, 0.05) is 11.0 Å². The molecule has 0 saturated carbocycles. The standard InChI is InChI=1S/C9H17NS/c1-5-9(6-2)10-7-8(3,4)11-9/h7H,5-6H2,1-4H3. The largest absolute Gasteiger partial charge is 0.279 e. The first-order chi connectivity index (χ1) is 5.04. The molecule has 0 atom stereocenters. The fourth-order valence-electron chi connectivity index (χ4n) is 1.39. The molecule has 1 rings (SSSR count). The monoisotopic (exact) mass is 171 g/mol. The van der Waals surface area contributed by atoms with Crippen molar-refractivity contribution in [1.29, 1.82) is 0 Å². The van der Waals surface area contributed by atoms with Gasteiger partial charge in [0.1, 0.15) is 4.87 Å². The van der Waals surface area contributed by atoms with Crippen LogP contribution in [0.15, 0.2) is 4.99 Å². The third-order valence-electron chi connectivity index (χ3n) is 2.17. The van der Waals surface area contributed by atoms with E-state index in [9.17, 15) is 0 Å². The number of hydrogen-bond acceptors (Lipinski definition) is 2. The lowest BCUT2D eigenvalue weighted by atomic mass is 10.2. The fourth-order valence-corrected chi connectivity index (χ4v) is 2.87. The predicted molar refractivity (Wildman–Crippen MR) is 53.5 cm³/mol. The summed E-state index contributed by atoms with van der Waals surface area (Å²) in [6.45, 7) is 8.90. The Morgan fingerprint density at radius 1 is 1.27 bits per heavy atom. The Hall–Kier alpha value is 0.0200. The molecule has 64 valence electrons. The van der Waals surface area contributed by atoms with E-state index in [4.69, 9.17) is 0 Å². The van der Waals surface area contributed by atoms with Gasteiger partial charge in [-0.2, -0.15) is 0 Å². The molecule has 1 nitrogen and oxygen atoms in total. The van der Waals surface area contributed by atoms with Gasteiger partial charge < -0.3 is 0 Å². The quantitative estimate of drug-likeness (QED) is 0.622. The Kier molecular flexibility index (Phi) is 2.33. The van der Waals surface area contributed by atoms with E-state index in [2.05, 4.69) is 38.9 Å². The lowest BCUT2D eigenvalue weighted by molar-refractivity contribution is 0.582.